The minimum absolute atomic E-state index is 0.0799. The maximum absolute atomic E-state index is 13.3. The topological polar surface area (TPSA) is 35.8 Å². The molecular formula is C16H13FN2. The molecule has 1 aliphatic rings. The van der Waals surface area contributed by atoms with Crippen molar-refractivity contribution in [1.29, 1.82) is 5.26 Å². The van der Waals surface area contributed by atoms with E-state index >= 15 is 0 Å². The first-order valence-corrected chi connectivity index (χ1v) is 6.32. The fourth-order valence-corrected chi connectivity index (χ4v) is 2.61. The summed E-state index contributed by atoms with van der Waals surface area (Å²) in [7, 11) is 0. The summed E-state index contributed by atoms with van der Waals surface area (Å²) < 4.78 is 13.3. The zero-order valence-electron chi connectivity index (χ0n) is 10.4. The van der Waals surface area contributed by atoms with Crippen LogP contribution in [0.15, 0.2) is 42.5 Å². The lowest BCUT2D eigenvalue weighted by Gasteiger charge is -2.15. The molecule has 3 heteroatoms. The van der Waals surface area contributed by atoms with Crippen LogP contribution in [0, 0.1) is 17.1 Å². The van der Waals surface area contributed by atoms with Gasteiger partial charge in [-0.15, -0.1) is 0 Å². The van der Waals surface area contributed by atoms with Crippen LogP contribution < -0.4 is 5.32 Å². The van der Waals surface area contributed by atoms with Gasteiger partial charge in [0.05, 0.1) is 11.6 Å². The van der Waals surface area contributed by atoms with E-state index in [9.17, 15) is 4.39 Å². The molecule has 0 bridgehead atoms. The Morgan fingerprint density at radius 1 is 1.21 bits per heavy atom. The average molecular weight is 252 g/mol. The molecule has 2 aromatic carbocycles. The predicted octanol–water partition coefficient (Wildman–Crippen LogP) is 3.80. The Bertz CT molecular complexity index is 658. The zero-order valence-corrected chi connectivity index (χ0v) is 10.4. The van der Waals surface area contributed by atoms with Gasteiger partial charge in [-0.2, -0.15) is 5.26 Å². The molecule has 1 unspecified atom stereocenters. The third-order valence-corrected chi connectivity index (χ3v) is 3.56. The minimum atomic E-state index is -0.472. The molecule has 1 atom stereocenters. The van der Waals surface area contributed by atoms with E-state index in [-0.39, 0.29) is 11.6 Å². The molecule has 2 aromatic rings. The second kappa shape index (κ2) is 4.74. The van der Waals surface area contributed by atoms with Crippen molar-refractivity contribution in [2.24, 2.45) is 0 Å². The number of nitrogens with one attached hydrogen (secondary N) is 1. The summed E-state index contributed by atoms with van der Waals surface area (Å²) in [6.07, 6.45) is 2.08. The first-order valence-electron chi connectivity index (χ1n) is 6.32. The average Bonchev–Trinajstić information content (AvgIpc) is 2.84. The molecule has 0 radical (unpaired) electrons. The van der Waals surface area contributed by atoms with Crippen molar-refractivity contribution in [1.82, 2.24) is 0 Å². The van der Waals surface area contributed by atoms with Gasteiger partial charge in [-0.05, 0) is 42.2 Å². The summed E-state index contributed by atoms with van der Waals surface area (Å²) in [5, 5.41) is 12.2. The standard InChI is InChI=1S/C16H13FN2/c17-15-7-6-13(9-12(15)10-18)19-16-8-5-11-3-1-2-4-14(11)16/h1-4,6-7,9,16,19H,5,8H2. The third-order valence-electron chi connectivity index (χ3n) is 3.56. The third kappa shape index (κ3) is 2.17. The van der Waals surface area contributed by atoms with Crippen molar-refractivity contribution in [3.8, 4) is 6.07 Å². The quantitative estimate of drug-likeness (QED) is 0.882. The molecule has 3 rings (SSSR count). The Morgan fingerprint density at radius 2 is 2.05 bits per heavy atom. The van der Waals surface area contributed by atoms with Gasteiger partial charge in [0, 0.05) is 5.69 Å². The SMILES string of the molecule is N#Cc1cc(NC2CCc3ccccc32)ccc1F. The molecule has 0 spiro atoms. The van der Waals surface area contributed by atoms with E-state index in [0.717, 1.165) is 18.5 Å². The summed E-state index contributed by atoms with van der Waals surface area (Å²) in [6, 6.07) is 15.0. The van der Waals surface area contributed by atoms with E-state index in [2.05, 4.69) is 17.4 Å². The number of rotatable bonds is 2. The van der Waals surface area contributed by atoms with Crippen molar-refractivity contribution >= 4 is 5.69 Å². The van der Waals surface area contributed by atoms with Gasteiger partial charge >= 0.3 is 0 Å². The van der Waals surface area contributed by atoms with Crippen LogP contribution in [0.25, 0.3) is 0 Å². The van der Waals surface area contributed by atoms with Gasteiger partial charge in [-0.3, -0.25) is 0 Å². The van der Waals surface area contributed by atoms with Gasteiger partial charge in [-0.25, -0.2) is 4.39 Å². The lowest BCUT2D eigenvalue weighted by atomic mass is 10.1. The summed E-state index contributed by atoms with van der Waals surface area (Å²) in [4.78, 5) is 0. The van der Waals surface area contributed by atoms with E-state index < -0.39 is 5.82 Å². The second-order valence-electron chi connectivity index (χ2n) is 4.74. The summed E-state index contributed by atoms with van der Waals surface area (Å²) >= 11 is 0. The number of aryl methyl sites for hydroxylation is 1. The molecule has 2 nitrogen and oxygen atoms in total. The van der Waals surface area contributed by atoms with Crippen LogP contribution in [0.4, 0.5) is 10.1 Å². The molecular weight excluding hydrogens is 239 g/mol. The van der Waals surface area contributed by atoms with Crippen LogP contribution in [0.2, 0.25) is 0 Å². The largest absolute Gasteiger partial charge is 0.378 e. The normalized spacial score (nSPS) is 16.7. The van der Waals surface area contributed by atoms with Crippen molar-refractivity contribution in [2.45, 2.75) is 18.9 Å². The van der Waals surface area contributed by atoms with E-state index in [1.807, 2.05) is 18.2 Å². The van der Waals surface area contributed by atoms with Gasteiger partial charge in [0.15, 0.2) is 0 Å². The van der Waals surface area contributed by atoms with E-state index in [1.165, 1.54) is 17.2 Å². The monoisotopic (exact) mass is 252 g/mol. The van der Waals surface area contributed by atoms with Gasteiger partial charge in [0.2, 0.25) is 0 Å². The van der Waals surface area contributed by atoms with Crippen LogP contribution in [-0.4, -0.2) is 0 Å². The zero-order chi connectivity index (χ0) is 13.2. The van der Waals surface area contributed by atoms with E-state index in [4.69, 9.17) is 5.26 Å². The highest BCUT2D eigenvalue weighted by atomic mass is 19.1. The van der Waals surface area contributed by atoms with Crippen LogP contribution in [0.5, 0.6) is 0 Å². The Balaban J connectivity index is 1.86. The maximum Gasteiger partial charge on any atom is 0.141 e. The molecule has 0 saturated heterocycles. The molecule has 0 saturated carbocycles. The minimum Gasteiger partial charge on any atom is -0.378 e. The number of nitrogens with zero attached hydrogens (tertiary/aromatic N) is 1. The Morgan fingerprint density at radius 3 is 2.89 bits per heavy atom. The molecule has 0 amide bonds. The van der Waals surface area contributed by atoms with Crippen LogP contribution in [-0.2, 0) is 6.42 Å². The van der Waals surface area contributed by atoms with Crippen molar-refractivity contribution in [3.63, 3.8) is 0 Å². The highest BCUT2D eigenvalue weighted by molar-refractivity contribution is 5.52. The van der Waals surface area contributed by atoms with Crippen molar-refractivity contribution in [2.75, 3.05) is 5.32 Å². The van der Waals surface area contributed by atoms with E-state index in [1.54, 1.807) is 12.1 Å². The number of halogens is 1. The molecule has 0 aromatic heterocycles. The number of benzene rings is 2. The predicted molar refractivity (Wildman–Crippen MR) is 72.2 cm³/mol. The molecule has 1 N–H and O–H groups in total. The molecule has 0 fully saturated rings. The molecule has 94 valence electrons. The summed E-state index contributed by atoms with van der Waals surface area (Å²) in [5.41, 5.74) is 3.53. The Kier molecular flexibility index (Phi) is 2.92. The van der Waals surface area contributed by atoms with Gasteiger partial charge < -0.3 is 5.32 Å². The molecule has 1 aliphatic carbocycles. The number of hydrogen-bond acceptors (Lipinski definition) is 2. The lowest BCUT2D eigenvalue weighted by Crippen LogP contribution is -2.07. The van der Waals surface area contributed by atoms with Crippen molar-refractivity contribution < 1.29 is 4.39 Å². The lowest BCUT2D eigenvalue weighted by molar-refractivity contribution is 0.624. The molecule has 0 heterocycles. The number of anilines is 1. The number of nitriles is 1. The number of hydrogen-bond donors (Lipinski definition) is 1. The first-order chi connectivity index (χ1) is 9.28. The van der Waals surface area contributed by atoms with Crippen LogP contribution in [0.1, 0.15) is 29.2 Å². The summed E-state index contributed by atoms with van der Waals surface area (Å²) in [6.45, 7) is 0. The van der Waals surface area contributed by atoms with Crippen LogP contribution >= 0.6 is 0 Å². The summed E-state index contributed by atoms with van der Waals surface area (Å²) in [5.74, 6) is -0.472. The first kappa shape index (κ1) is 11.7. The van der Waals surface area contributed by atoms with Gasteiger partial charge in [0.25, 0.3) is 0 Å². The fraction of sp³-hybridized carbons (Fsp3) is 0.188. The van der Waals surface area contributed by atoms with Crippen molar-refractivity contribution in [3.05, 3.63) is 65.0 Å². The molecule has 0 aliphatic heterocycles. The second-order valence-corrected chi connectivity index (χ2v) is 4.74. The smallest absolute Gasteiger partial charge is 0.141 e. The van der Waals surface area contributed by atoms with E-state index in [0.29, 0.717) is 0 Å². The number of fused-ring (bicyclic) bond motifs is 1. The highest BCUT2D eigenvalue weighted by Crippen LogP contribution is 2.33. The highest BCUT2D eigenvalue weighted by Gasteiger charge is 2.21. The van der Waals surface area contributed by atoms with Crippen LogP contribution in [0.3, 0.4) is 0 Å². The van der Waals surface area contributed by atoms with Gasteiger partial charge in [0.1, 0.15) is 11.9 Å². The van der Waals surface area contributed by atoms with Gasteiger partial charge in [-0.1, -0.05) is 24.3 Å². The fourth-order valence-electron chi connectivity index (χ4n) is 2.61. The Hall–Kier alpha value is -2.34. The molecule has 19 heavy (non-hydrogen) atoms. The Labute approximate surface area is 111 Å². The maximum atomic E-state index is 13.3.